The van der Waals surface area contributed by atoms with E-state index in [1.54, 1.807) is 13.0 Å². The third-order valence-electron chi connectivity index (χ3n) is 2.29. The Labute approximate surface area is 102 Å². The lowest BCUT2D eigenvalue weighted by molar-refractivity contribution is -0.297. The van der Waals surface area contributed by atoms with Crippen LogP contribution in [0.3, 0.4) is 0 Å². The van der Waals surface area contributed by atoms with Crippen LogP contribution < -0.4 is 10.0 Å². The van der Waals surface area contributed by atoms with Crippen molar-refractivity contribution in [3.8, 4) is 0 Å². The molecule has 0 aliphatic heterocycles. The molecule has 0 amide bonds. The summed E-state index contributed by atoms with van der Waals surface area (Å²) in [5.74, 6) is -1.17. The van der Waals surface area contributed by atoms with Crippen molar-refractivity contribution in [1.82, 2.24) is 0 Å². The zero-order valence-corrected chi connectivity index (χ0v) is 10.3. The lowest BCUT2D eigenvalue weighted by atomic mass is 10.1. The third kappa shape index (κ3) is 4.55. The number of carboxylic acids is 1. The van der Waals surface area contributed by atoms with E-state index in [0.29, 0.717) is 5.57 Å². The van der Waals surface area contributed by atoms with Crippen LogP contribution in [0.4, 0.5) is 5.69 Å². The summed E-state index contributed by atoms with van der Waals surface area (Å²) < 4.78 is 0. The van der Waals surface area contributed by atoms with Crippen molar-refractivity contribution in [2.45, 2.75) is 6.92 Å². The van der Waals surface area contributed by atoms with Crippen LogP contribution in [0.5, 0.6) is 0 Å². The Balaban J connectivity index is 2.76. The minimum atomic E-state index is -1.17. The Kier molecular flexibility index (Phi) is 4.52. The first-order chi connectivity index (χ1) is 7.99. The fourth-order valence-corrected chi connectivity index (χ4v) is 1.35. The Morgan fingerprint density at radius 2 is 1.82 bits per heavy atom. The predicted octanol–water partition coefficient (Wildman–Crippen LogP) is 1.46. The summed E-state index contributed by atoms with van der Waals surface area (Å²) in [5.41, 5.74) is 2.81. The molecule has 0 unspecified atom stereocenters. The van der Waals surface area contributed by atoms with Gasteiger partial charge in [0.05, 0.1) is 5.97 Å². The second kappa shape index (κ2) is 5.89. The van der Waals surface area contributed by atoms with Crippen LogP contribution in [0.25, 0.3) is 6.08 Å². The van der Waals surface area contributed by atoms with Crippen molar-refractivity contribution in [2.75, 3.05) is 19.0 Å². The molecule has 0 bridgehead atoms. The Morgan fingerprint density at radius 3 is 2.29 bits per heavy atom. The number of hydrogen-bond donors (Lipinski definition) is 0. The van der Waals surface area contributed by atoms with Gasteiger partial charge in [0.15, 0.2) is 0 Å². The van der Waals surface area contributed by atoms with E-state index in [-0.39, 0.29) is 0 Å². The Hall–Kier alpha value is -2.03. The van der Waals surface area contributed by atoms with Gasteiger partial charge in [0.1, 0.15) is 0 Å². The zero-order valence-electron chi connectivity index (χ0n) is 10.3. The van der Waals surface area contributed by atoms with Gasteiger partial charge in [-0.25, -0.2) is 0 Å². The van der Waals surface area contributed by atoms with Gasteiger partial charge in [0.2, 0.25) is 0 Å². The largest absolute Gasteiger partial charge is 0.545 e. The number of benzene rings is 1. The first-order valence-corrected chi connectivity index (χ1v) is 5.34. The molecule has 17 heavy (non-hydrogen) atoms. The Bertz CT molecular complexity index is 442. The second-order valence-electron chi connectivity index (χ2n) is 4.03. The van der Waals surface area contributed by atoms with Crippen LogP contribution in [0, 0.1) is 0 Å². The summed E-state index contributed by atoms with van der Waals surface area (Å²) in [6.07, 6.45) is 4.69. The molecule has 1 rings (SSSR count). The summed E-state index contributed by atoms with van der Waals surface area (Å²) in [4.78, 5) is 12.3. The summed E-state index contributed by atoms with van der Waals surface area (Å²) in [5, 5.41) is 10.3. The molecule has 90 valence electrons. The van der Waals surface area contributed by atoms with Gasteiger partial charge >= 0.3 is 0 Å². The van der Waals surface area contributed by atoms with E-state index < -0.39 is 5.97 Å². The minimum absolute atomic E-state index is 0.654. The molecule has 0 aromatic heterocycles. The number of carbonyl (C=O) groups is 1. The van der Waals surface area contributed by atoms with Gasteiger partial charge in [0, 0.05) is 19.8 Å². The Morgan fingerprint density at radius 1 is 1.24 bits per heavy atom. The molecule has 0 saturated carbocycles. The smallest absolute Gasteiger partial charge is 0.0645 e. The molecule has 0 fully saturated rings. The average Bonchev–Trinajstić information content (AvgIpc) is 2.26. The number of aliphatic carboxylic acids is 1. The fourth-order valence-electron chi connectivity index (χ4n) is 1.35. The van der Waals surface area contributed by atoms with Crippen molar-refractivity contribution < 1.29 is 9.90 Å². The normalized spacial score (nSPS) is 11.8. The van der Waals surface area contributed by atoms with E-state index in [1.165, 1.54) is 0 Å². The van der Waals surface area contributed by atoms with Crippen molar-refractivity contribution in [3.05, 3.63) is 47.6 Å². The van der Waals surface area contributed by atoms with E-state index in [1.807, 2.05) is 49.3 Å². The molecule has 1 aromatic rings. The van der Waals surface area contributed by atoms with E-state index >= 15 is 0 Å². The number of carboxylic acid groups (broad SMARTS) is 1. The monoisotopic (exact) mass is 230 g/mol. The van der Waals surface area contributed by atoms with Gasteiger partial charge in [-0.1, -0.05) is 24.3 Å². The summed E-state index contributed by atoms with van der Waals surface area (Å²) in [7, 11) is 3.97. The van der Waals surface area contributed by atoms with Gasteiger partial charge in [0.25, 0.3) is 0 Å². The van der Waals surface area contributed by atoms with Crippen molar-refractivity contribution in [2.24, 2.45) is 0 Å². The molecule has 0 N–H and O–H groups in total. The molecule has 0 saturated heterocycles. The van der Waals surface area contributed by atoms with Crippen LogP contribution >= 0.6 is 0 Å². The topological polar surface area (TPSA) is 43.4 Å². The molecule has 0 aliphatic rings. The predicted molar refractivity (Wildman–Crippen MR) is 68.6 cm³/mol. The van der Waals surface area contributed by atoms with Gasteiger partial charge in [-0.2, -0.15) is 0 Å². The standard InChI is InChI=1S/C14H17NO2/c1-11(10-14(16)17)4-5-12-6-8-13(9-7-12)15(2)3/h4-10H,1-3H3,(H,16,17)/p-1. The van der Waals surface area contributed by atoms with Crippen molar-refractivity contribution in [3.63, 3.8) is 0 Å². The zero-order chi connectivity index (χ0) is 12.8. The van der Waals surface area contributed by atoms with Crippen LogP contribution in [0.1, 0.15) is 12.5 Å². The molecule has 0 heterocycles. The van der Waals surface area contributed by atoms with Gasteiger partial charge < -0.3 is 14.8 Å². The second-order valence-corrected chi connectivity index (χ2v) is 4.03. The molecule has 3 nitrogen and oxygen atoms in total. The van der Waals surface area contributed by atoms with Crippen LogP contribution in [-0.4, -0.2) is 20.1 Å². The van der Waals surface area contributed by atoms with Gasteiger partial charge in [-0.15, -0.1) is 0 Å². The fraction of sp³-hybridized carbons (Fsp3) is 0.214. The highest BCUT2D eigenvalue weighted by Gasteiger charge is 1.93. The summed E-state index contributed by atoms with van der Waals surface area (Å²) in [6, 6.07) is 7.99. The molecular weight excluding hydrogens is 214 g/mol. The molecule has 0 radical (unpaired) electrons. The number of anilines is 1. The molecule has 0 spiro atoms. The van der Waals surface area contributed by atoms with E-state index in [9.17, 15) is 9.90 Å². The number of hydrogen-bond acceptors (Lipinski definition) is 3. The third-order valence-corrected chi connectivity index (χ3v) is 2.29. The highest BCUT2D eigenvalue weighted by Crippen LogP contribution is 2.13. The van der Waals surface area contributed by atoms with E-state index in [4.69, 9.17) is 0 Å². The number of allylic oxidation sites excluding steroid dienone is 2. The summed E-state index contributed by atoms with van der Waals surface area (Å²) in [6.45, 7) is 1.72. The maximum atomic E-state index is 10.3. The van der Waals surface area contributed by atoms with E-state index in [0.717, 1.165) is 17.3 Å². The van der Waals surface area contributed by atoms with Crippen molar-refractivity contribution >= 4 is 17.7 Å². The highest BCUT2D eigenvalue weighted by atomic mass is 16.4. The van der Waals surface area contributed by atoms with Gasteiger partial charge in [-0.05, 0) is 36.3 Å². The SMILES string of the molecule is CC(C=Cc1ccc(N(C)C)cc1)=CC(=O)[O-]. The van der Waals surface area contributed by atoms with Crippen LogP contribution in [0.15, 0.2) is 42.0 Å². The quantitative estimate of drug-likeness (QED) is 0.581. The molecule has 0 atom stereocenters. The van der Waals surface area contributed by atoms with Crippen LogP contribution in [0.2, 0.25) is 0 Å². The minimum Gasteiger partial charge on any atom is -0.545 e. The van der Waals surface area contributed by atoms with Crippen molar-refractivity contribution in [1.29, 1.82) is 0 Å². The van der Waals surface area contributed by atoms with Gasteiger partial charge in [-0.3, -0.25) is 0 Å². The molecule has 0 aliphatic carbocycles. The highest BCUT2D eigenvalue weighted by molar-refractivity contribution is 5.79. The summed E-state index contributed by atoms with van der Waals surface area (Å²) >= 11 is 0. The molecule has 1 aromatic carbocycles. The molecule has 3 heteroatoms. The van der Waals surface area contributed by atoms with E-state index in [2.05, 4.69) is 0 Å². The first-order valence-electron chi connectivity index (χ1n) is 5.34. The lowest BCUT2D eigenvalue weighted by Crippen LogP contribution is -2.19. The molecular formula is C14H16NO2-. The van der Waals surface area contributed by atoms with Crippen LogP contribution in [-0.2, 0) is 4.79 Å². The number of carbonyl (C=O) groups excluding carboxylic acids is 1. The number of rotatable bonds is 4. The number of nitrogens with zero attached hydrogens (tertiary/aromatic N) is 1. The maximum absolute atomic E-state index is 10.3. The average molecular weight is 230 g/mol. The maximum Gasteiger partial charge on any atom is 0.0645 e. The lowest BCUT2D eigenvalue weighted by Gasteiger charge is -2.11. The first kappa shape index (κ1) is 13.0.